The van der Waals surface area contributed by atoms with Gasteiger partial charge >= 0.3 is 0 Å². The van der Waals surface area contributed by atoms with Crippen molar-refractivity contribution in [3.8, 4) is 0 Å². The van der Waals surface area contributed by atoms with Gasteiger partial charge in [0.2, 0.25) is 5.95 Å². The second-order valence-corrected chi connectivity index (χ2v) is 5.71. The van der Waals surface area contributed by atoms with Crippen molar-refractivity contribution in [3.05, 3.63) is 16.7 Å². The topological polar surface area (TPSA) is 139 Å². The summed E-state index contributed by atoms with van der Waals surface area (Å²) in [5.74, 6) is -0.363. The van der Waals surface area contributed by atoms with Crippen LogP contribution in [0.15, 0.2) is 11.1 Å². The van der Waals surface area contributed by atoms with Crippen LogP contribution in [-0.2, 0) is 4.74 Å². The number of anilines is 1. The number of nitrogens with zero attached hydrogens (tertiary/aromatic N) is 3. The van der Waals surface area contributed by atoms with Crippen LogP contribution < -0.4 is 11.3 Å². The molecule has 2 fully saturated rings. The number of aromatic nitrogens is 4. The van der Waals surface area contributed by atoms with Crippen LogP contribution in [0, 0.1) is 5.92 Å². The molecule has 9 heteroatoms. The van der Waals surface area contributed by atoms with E-state index < -0.39 is 23.3 Å². The van der Waals surface area contributed by atoms with Crippen molar-refractivity contribution < 1.29 is 14.9 Å². The first-order valence-corrected chi connectivity index (χ1v) is 6.71. The number of rotatable bonds is 1. The van der Waals surface area contributed by atoms with Gasteiger partial charge in [0, 0.05) is 5.92 Å². The maximum absolute atomic E-state index is 11.8. The Kier molecular flexibility index (Phi) is 2.44. The number of nitrogens with one attached hydrogen (secondary N) is 1. The van der Waals surface area contributed by atoms with E-state index in [-0.39, 0.29) is 24.0 Å². The highest BCUT2D eigenvalue weighted by molar-refractivity contribution is 5.70. The van der Waals surface area contributed by atoms with Crippen molar-refractivity contribution in [2.75, 3.05) is 18.9 Å². The first kappa shape index (κ1) is 12.7. The van der Waals surface area contributed by atoms with E-state index in [9.17, 15) is 15.0 Å². The van der Waals surface area contributed by atoms with Gasteiger partial charge < -0.3 is 25.3 Å². The summed E-state index contributed by atoms with van der Waals surface area (Å²) in [4.78, 5) is 22.3. The van der Waals surface area contributed by atoms with Crippen LogP contribution in [0.4, 0.5) is 5.95 Å². The van der Waals surface area contributed by atoms with Gasteiger partial charge in [-0.15, -0.1) is 0 Å². The highest BCUT2D eigenvalue weighted by atomic mass is 16.5. The fourth-order valence-electron chi connectivity index (χ4n) is 3.51. The molecule has 4 atom stereocenters. The fraction of sp³-hybridized carbons (Fsp3) is 0.583. The quantitative estimate of drug-likeness (QED) is 0.495. The van der Waals surface area contributed by atoms with Crippen LogP contribution in [0.3, 0.4) is 0 Å². The first-order chi connectivity index (χ1) is 10.0. The van der Waals surface area contributed by atoms with Gasteiger partial charge in [-0.1, -0.05) is 0 Å². The molecular weight excluding hydrogens is 278 g/mol. The molecule has 1 saturated heterocycles. The molecule has 0 amide bonds. The lowest BCUT2D eigenvalue weighted by Crippen LogP contribution is -2.41. The molecule has 3 unspecified atom stereocenters. The zero-order valence-corrected chi connectivity index (χ0v) is 11.1. The number of aliphatic hydroxyl groups is 2. The summed E-state index contributed by atoms with van der Waals surface area (Å²) in [6, 6.07) is -0.460. The Morgan fingerprint density at radius 2 is 2.38 bits per heavy atom. The molecule has 2 aromatic rings. The highest BCUT2D eigenvalue weighted by Crippen LogP contribution is 2.48. The predicted octanol–water partition coefficient (Wildman–Crippen LogP) is -1.61. The first-order valence-electron chi connectivity index (χ1n) is 6.71. The number of hydrogen-bond donors (Lipinski definition) is 4. The molecule has 2 aliphatic rings. The number of aliphatic hydroxyl groups excluding tert-OH is 1. The van der Waals surface area contributed by atoms with Crippen LogP contribution in [0.25, 0.3) is 11.2 Å². The molecule has 0 bridgehead atoms. The van der Waals surface area contributed by atoms with Gasteiger partial charge in [-0.2, -0.15) is 4.98 Å². The van der Waals surface area contributed by atoms with E-state index in [1.807, 2.05) is 0 Å². The number of hydrogen-bond acceptors (Lipinski definition) is 7. The van der Waals surface area contributed by atoms with Crippen LogP contribution >= 0.6 is 0 Å². The molecule has 3 heterocycles. The van der Waals surface area contributed by atoms with Gasteiger partial charge in [-0.25, -0.2) is 4.98 Å². The van der Waals surface area contributed by atoms with Crippen LogP contribution in [0.5, 0.6) is 0 Å². The van der Waals surface area contributed by atoms with Crippen molar-refractivity contribution in [1.29, 1.82) is 0 Å². The van der Waals surface area contributed by atoms with E-state index in [1.54, 1.807) is 4.57 Å². The molecule has 9 nitrogen and oxygen atoms in total. The van der Waals surface area contributed by atoms with Gasteiger partial charge in [0.1, 0.15) is 5.60 Å². The minimum Gasteiger partial charge on any atom is -0.393 e. The molecule has 0 radical (unpaired) electrons. The molecule has 112 valence electrons. The van der Waals surface area contributed by atoms with Crippen molar-refractivity contribution in [1.82, 2.24) is 19.5 Å². The Labute approximate surface area is 118 Å². The molecule has 1 aliphatic carbocycles. The number of nitrogens with two attached hydrogens (primary N) is 1. The molecule has 1 aliphatic heterocycles. The van der Waals surface area contributed by atoms with E-state index in [0.29, 0.717) is 18.7 Å². The molecule has 1 saturated carbocycles. The van der Waals surface area contributed by atoms with Crippen molar-refractivity contribution in [2.45, 2.75) is 24.2 Å². The van der Waals surface area contributed by atoms with Crippen molar-refractivity contribution >= 4 is 17.1 Å². The third kappa shape index (κ3) is 1.59. The molecular formula is C12H15N5O4. The standard InChI is InChI=1S/C12H15N5O4/c13-11-15-9-8(10(19)16-11)14-4-17(9)7-1-6(18)5-2-21-3-12(5,7)20/h4-7,18,20H,1-3H2,(H3,13,15,16,19)/t5?,6?,7-,12?/m0/s1. The van der Waals surface area contributed by atoms with Crippen LogP contribution in [0.1, 0.15) is 12.5 Å². The van der Waals surface area contributed by atoms with Gasteiger partial charge in [0.05, 0.1) is 31.7 Å². The third-order valence-corrected chi connectivity index (χ3v) is 4.57. The minimum absolute atomic E-state index is 0.0148. The Hall–Kier alpha value is -1.97. The minimum atomic E-state index is -1.19. The molecule has 0 spiro atoms. The fourth-order valence-corrected chi connectivity index (χ4v) is 3.51. The Morgan fingerprint density at radius 3 is 3.19 bits per heavy atom. The molecule has 5 N–H and O–H groups in total. The summed E-state index contributed by atoms with van der Waals surface area (Å²) >= 11 is 0. The summed E-state index contributed by atoms with van der Waals surface area (Å²) in [5.41, 5.74) is 4.41. The lowest BCUT2D eigenvalue weighted by atomic mass is 9.91. The zero-order valence-electron chi connectivity index (χ0n) is 11.1. The zero-order chi connectivity index (χ0) is 14.8. The van der Waals surface area contributed by atoms with Crippen LogP contribution in [0.2, 0.25) is 0 Å². The summed E-state index contributed by atoms with van der Waals surface area (Å²) < 4.78 is 6.93. The maximum Gasteiger partial charge on any atom is 0.280 e. The number of fused-ring (bicyclic) bond motifs is 2. The number of ether oxygens (including phenoxy) is 1. The monoisotopic (exact) mass is 293 g/mol. The third-order valence-electron chi connectivity index (χ3n) is 4.57. The Bertz CT molecular complexity index is 771. The molecule has 4 rings (SSSR count). The normalized spacial score (nSPS) is 35.4. The summed E-state index contributed by atoms with van der Waals surface area (Å²) in [7, 11) is 0. The molecule has 0 aromatic carbocycles. The summed E-state index contributed by atoms with van der Waals surface area (Å²) in [5, 5.41) is 21.0. The van der Waals surface area contributed by atoms with Gasteiger partial charge in [0.15, 0.2) is 11.2 Å². The van der Waals surface area contributed by atoms with E-state index in [0.717, 1.165) is 0 Å². The number of H-pyrrole nitrogens is 1. The summed E-state index contributed by atoms with van der Waals surface area (Å²) in [6.07, 6.45) is 1.13. The van der Waals surface area contributed by atoms with Gasteiger partial charge in [-0.3, -0.25) is 9.78 Å². The van der Waals surface area contributed by atoms with E-state index in [4.69, 9.17) is 10.5 Å². The van der Waals surface area contributed by atoms with E-state index in [1.165, 1.54) is 6.33 Å². The second kappa shape index (κ2) is 4.03. The van der Waals surface area contributed by atoms with Crippen molar-refractivity contribution in [3.63, 3.8) is 0 Å². The number of nitrogen functional groups attached to an aromatic ring is 1. The lowest BCUT2D eigenvalue weighted by molar-refractivity contribution is -0.0250. The van der Waals surface area contributed by atoms with Crippen LogP contribution in [-0.4, -0.2) is 54.7 Å². The Balaban J connectivity index is 1.89. The average molecular weight is 293 g/mol. The van der Waals surface area contributed by atoms with Gasteiger partial charge in [0.25, 0.3) is 5.56 Å². The predicted molar refractivity (Wildman–Crippen MR) is 71.5 cm³/mol. The number of imidazole rings is 1. The smallest absolute Gasteiger partial charge is 0.280 e. The largest absolute Gasteiger partial charge is 0.393 e. The summed E-state index contributed by atoms with van der Waals surface area (Å²) in [6.45, 7) is 0.453. The number of aromatic amines is 1. The van der Waals surface area contributed by atoms with Crippen molar-refractivity contribution in [2.24, 2.45) is 5.92 Å². The maximum atomic E-state index is 11.8. The second-order valence-electron chi connectivity index (χ2n) is 5.71. The Morgan fingerprint density at radius 1 is 1.57 bits per heavy atom. The lowest BCUT2D eigenvalue weighted by Gasteiger charge is -2.28. The highest BCUT2D eigenvalue weighted by Gasteiger charge is 2.58. The molecule has 2 aromatic heterocycles. The van der Waals surface area contributed by atoms with E-state index >= 15 is 0 Å². The molecule has 21 heavy (non-hydrogen) atoms. The van der Waals surface area contributed by atoms with E-state index in [2.05, 4.69) is 15.0 Å². The SMILES string of the molecule is Nc1nc2c(ncn2[C@H]2CC(O)C3COCC32O)c(=O)[nH]1. The average Bonchev–Trinajstić information content (AvgIpc) is 3.05. The van der Waals surface area contributed by atoms with Gasteiger partial charge in [-0.05, 0) is 6.42 Å².